The van der Waals surface area contributed by atoms with Gasteiger partial charge in [0.25, 0.3) is 19.4 Å². The molecular formula is C34H37Cl6N3O12. The quantitative estimate of drug-likeness (QED) is 0.137. The van der Waals surface area contributed by atoms with Gasteiger partial charge < -0.3 is 33.4 Å². The molecule has 12 atom stereocenters. The Balaban J connectivity index is 1.56. The third-order valence-electron chi connectivity index (χ3n) is 10.4. The number of alkyl carbamates (subject to hydrolysis) is 2. The lowest BCUT2D eigenvalue weighted by Gasteiger charge is -2.49. The molecule has 3 heterocycles. The summed E-state index contributed by atoms with van der Waals surface area (Å²) in [4.78, 5) is 80.4. The van der Waals surface area contributed by atoms with Gasteiger partial charge in [0.05, 0.1) is 0 Å². The van der Waals surface area contributed by atoms with Gasteiger partial charge >= 0.3 is 24.1 Å². The summed E-state index contributed by atoms with van der Waals surface area (Å²) in [6, 6.07) is 3.16. The number of H-pyrrole nitrogens is 1. The first-order chi connectivity index (χ1) is 25.6. The van der Waals surface area contributed by atoms with Gasteiger partial charge in [-0.1, -0.05) is 102 Å². The van der Waals surface area contributed by atoms with Gasteiger partial charge in [0.15, 0.2) is 6.10 Å². The van der Waals surface area contributed by atoms with Crippen LogP contribution in [0.3, 0.4) is 0 Å². The highest BCUT2D eigenvalue weighted by Crippen LogP contribution is 2.62. The zero-order chi connectivity index (χ0) is 40.8. The summed E-state index contributed by atoms with van der Waals surface area (Å²) in [5, 5.41) is 3.76. The summed E-state index contributed by atoms with van der Waals surface area (Å²) in [6.45, 7) is 6.64. The highest BCUT2D eigenvalue weighted by Gasteiger charge is 2.70. The number of rotatable bonds is 6. The Hall–Kier alpha value is -2.76. The van der Waals surface area contributed by atoms with E-state index in [-0.39, 0.29) is 12.1 Å². The van der Waals surface area contributed by atoms with E-state index in [0.29, 0.717) is 5.57 Å². The Bertz CT molecular complexity index is 1750. The standard InChI is InChI=1S/C34H37Cl6N3O12/c1-13-11-14(2)32-17(12-20(50-5)27(45)52-22(13)16(4)51-30(48)42-28(46)33(35,36)37)8-9-18-21(32)23(54-31(49)43-29(47)34(38,39)40)15(3)24(25(18)55-32)53-26(44)19-7-6-10-41-19/h6-11,13,15-18,20-25,41H,12H2,1-5H3,(H,42,46,48)(H,43,47,49)/b14-11-/t13-,15-,16-,17-,18-,20+,21+,22+,23-,24-,25+,32+/m1/s1. The molecule has 0 aromatic carbocycles. The minimum atomic E-state index is -2.48. The number of hydrogen-bond donors (Lipinski definition) is 3. The van der Waals surface area contributed by atoms with E-state index >= 15 is 0 Å². The number of aromatic amines is 1. The van der Waals surface area contributed by atoms with Crippen LogP contribution in [0.25, 0.3) is 0 Å². The molecule has 5 rings (SSSR count). The Morgan fingerprint density at radius 3 is 2.18 bits per heavy atom. The Morgan fingerprint density at radius 2 is 1.60 bits per heavy atom. The van der Waals surface area contributed by atoms with Crippen LogP contribution in [0.5, 0.6) is 0 Å². The van der Waals surface area contributed by atoms with E-state index in [1.54, 1.807) is 39.1 Å². The second kappa shape index (κ2) is 16.6. The SMILES string of the molecule is CO[C@H]1C[C@H]2C=C[C@H]3[C@@H]4O[C@]2(/C(C)=C\[C@@H](C)[C@@H]([C@@H](C)OC(=O)NC(=O)C(Cl)(Cl)Cl)OC1=O)[C@@H]3[C@H](OC(=O)NC(=O)C(Cl)(Cl)Cl)[C@@H](C)[C@H]4OC(=O)c1ccc[nH]1. The molecule has 302 valence electrons. The molecule has 4 aliphatic rings. The van der Waals surface area contributed by atoms with E-state index in [1.165, 1.54) is 20.1 Å². The van der Waals surface area contributed by atoms with Gasteiger partial charge in [-0.2, -0.15) is 0 Å². The molecule has 55 heavy (non-hydrogen) atoms. The monoisotopic (exact) mass is 889 g/mol. The second-order valence-corrected chi connectivity index (χ2v) is 18.3. The van der Waals surface area contributed by atoms with Crippen molar-refractivity contribution in [2.75, 3.05) is 7.11 Å². The van der Waals surface area contributed by atoms with Crippen LogP contribution in [-0.4, -0.2) is 97.8 Å². The Labute approximate surface area is 345 Å². The summed E-state index contributed by atoms with van der Waals surface area (Å²) < 4.78 is 31.1. The third-order valence-corrected chi connectivity index (χ3v) is 11.4. The first-order valence-corrected chi connectivity index (χ1v) is 19.2. The van der Waals surface area contributed by atoms with E-state index in [9.17, 15) is 28.8 Å². The molecule has 0 unspecified atom stereocenters. The Morgan fingerprint density at radius 1 is 0.964 bits per heavy atom. The van der Waals surface area contributed by atoms with Gasteiger partial charge in [-0.3, -0.25) is 20.2 Å². The molecule has 2 aliphatic heterocycles. The van der Waals surface area contributed by atoms with Crippen molar-refractivity contribution in [3.63, 3.8) is 0 Å². The van der Waals surface area contributed by atoms with Gasteiger partial charge in [0.1, 0.15) is 41.8 Å². The number of imide groups is 2. The van der Waals surface area contributed by atoms with Crippen molar-refractivity contribution in [2.24, 2.45) is 29.6 Å². The van der Waals surface area contributed by atoms with Crippen molar-refractivity contribution in [3.05, 3.63) is 47.8 Å². The smallest absolute Gasteiger partial charge is 0.414 e. The summed E-state index contributed by atoms with van der Waals surface area (Å²) in [6.07, 6.45) is -1.83. The zero-order valence-corrected chi connectivity index (χ0v) is 34.2. The molecule has 1 aromatic heterocycles. The van der Waals surface area contributed by atoms with Crippen LogP contribution in [-0.2, 0) is 42.8 Å². The van der Waals surface area contributed by atoms with Crippen molar-refractivity contribution in [1.29, 1.82) is 0 Å². The van der Waals surface area contributed by atoms with E-state index in [4.69, 9.17) is 98.0 Å². The van der Waals surface area contributed by atoms with Crippen molar-refractivity contribution < 1.29 is 57.2 Å². The fourth-order valence-electron chi connectivity index (χ4n) is 8.03. The van der Waals surface area contributed by atoms with Crippen molar-refractivity contribution >= 4 is 106 Å². The number of hydrogen-bond acceptors (Lipinski definition) is 12. The van der Waals surface area contributed by atoms with Crippen LogP contribution in [0.2, 0.25) is 0 Å². The number of amides is 4. The van der Waals surface area contributed by atoms with Crippen LogP contribution < -0.4 is 10.6 Å². The molecule has 1 saturated carbocycles. The molecule has 1 spiro atoms. The number of carbonyl (C=O) groups excluding carboxylic acids is 6. The maximum Gasteiger partial charge on any atom is 0.414 e. The van der Waals surface area contributed by atoms with Crippen molar-refractivity contribution in [1.82, 2.24) is 15.6 Å². The number of aromatic nitrogens is 1. The van der Waals surface area contributed by atoms with E-state index in [0.717, 1.165) is 0 Å². The predicted octanol–water partition coefficient (Wildman–Crippen LogP) is 5.66. The van der Waals surface area contributed by atoms with E-state index in [2.05, 4.69) is 4.98 Å². The normalized spacial score (nSPS) is 34.5. The lowest BCUT2D eigenvalue weighted by atomic mass is 9.57. The predicted molar refractivity (Wildman–Crippen MR) is 198 cm³/mol. The van der Waals surface area contributed by atoms with E-state index in [1.807, 2.05) is 22.8 Å². The molecular weight excluding hydrogens is 855 g/mol. The largest absolute Gasteiger partial charge is 0.456 e. The highest BCUT2D eigenvalue weighted by atomic mass is 35.6. The minimum Gasteiger partial charge on any atom is -0.456 e. The molecule has 1 saturated heterocycles. The number of alkyl halides is 6. The zero-order valence-electron chi connectivity index (χ0n) is 29.7. The molecule has 21 heteroatoms. The molecule has 1 aromatic rings. The number of nitrogens with one attached hydrogen (secondary N) is 3. The lowest BCUT2D eigenvalue weighted by molar-refractivity contribution is -0.172. The summed E-state index contributed by atoms with van der Waals surface area (Å²) in [7, 11) is 1.32. The van der Waals surface area contributed by atoms with Crippen LogP contribution in [0, 0.1) is 29.6 Å². The molecule has 4 amide bonds. The molecule has 15 nitrogen and oxygen atoms in total. The average Bonchev–Trinajstić information content (AvgIpc) is 3.68. The van der Waals surface area contributed by atoms with Crippen molar-refractivity contribution in [3.8, 4) is 0 Å². The first-order valence-electron chi connectivity index (χ1n) is 16.9. The summed E-state index contributed by atoms with van der Waals surface area (Å²) in [5.41, 5.74) is -0.576. The minimum absolute atomic E-state index is 0.00644. The van der Waals surface area contributed by atoms with Gasteiger partial charge in [-0.15, -0.1) is 0 Å². The summed E-state index contributed by atoms with van der Waals surface area (Å²) >= 11 is 33.8. The van der Waals surface area contributed by atoms with Crippen molar-refractivity contribution in [2.45, 2.75) is 83.9 Å². The van der Waals surface area contributed by atoms with Crippen LogP contribution in [0.4, 0.5) is 9.59 Å². The van der Waals surface area contributed by atoms with Crippen LogP contribution in [0.15, 0.2) is 42.1 Å². The average molecular weight is 892 g/mol. The second-order valence-electron chi connectivity index (χ2n) is 13.7. The first kappa shape index (κ1) is 43.4. The topological polar surface area (TPSA) is 198 Å². The number of ether oxygens (including phenoxy) is 6. The Kier molecular flexibility index (Phi) is 13.1. The third kappa shape index (κ3) is 8.89. The number of methoxy groups -OCH3 is 1. The van der Waals surface area contributed by atoms with Crippen LogP contribution >= 0.6 is 69.6 Å². The molecule has 2 fully saturated rings. The summed E-state index contributed by atoms with van der Waals surface area (Å²) in [5.74, 6) is -7.29. The number of halogens is 6. The molecule has 2 aliphatic carbocycles. The van der Waals surface area contributed by atoms with E-state index < -0.39 is 115 Å². The maximum atomic E-state index is 13.7. The molecule has 0 radical (unpaired) electrons. The fraction of sp³-hybridized carbons (Fsp3) is 0.588. The van der Waals surface area contributed by atoms with Gasteiger partial charge in [-0.05, 0) is 38.0 Å². The number of esters is 2. The number of carbonyl (C=O) groups is 6. The lowest BCUT2D eigenvalue weighted by Crippen LogP contribution is -2.59. The highest BCUT2D eigenvalue weighted by molar-refractivity contribution is 6.77. The molecule has 3 N–H and O–H groups in total. The van der Waals surface area contributed by atoms with Gasteiger partial charge in [0, 0.05) is 42.9 Å². The van der Waals surface area contributed by atoms with Crippen LogP contribution in [0.1, 0.15) is 44.6 Å². The van der Waals surface area contributed by atoms with Gasteiger partial charge in [0.2, 0.25) is 0 Å². The number of cyclic esters (lactones) is 1. The van der Waals surface area contributed by atoms with Gasteiger partial charge in [-0.25, -0.2) is 19.2 Å². The maximum absolute atomic E-state index is 13.7. The fourth-order valence-corrected chi connectivity index (χ4v) is 8.31. The molecule has 4 bridgehead atoms.